The highest BCUT2D eigenvalue weighted by atomic mass is 32.2. The van der Waals surface area contributed by atoms with Crippen LogP contribution >= 0.6 is 23.1 Å². The van der Waals surface area contributed by atoms with Crippen LogP contribution in [-0.2, 0) is 4.79 Å². The molecule has 0 unspecified atom stereocenters. The molecule has 28 heavy (non-hydrogen) atoms. The van der Waals surface area contributed by atoms with Gasteiger partial charge in [0.2, 0.25) is 5.91 Å². The molecule has 0 spiro atoms. The average Bonchev–Trinajstić information content (AvgIpc) is 3.16. The number of nitrogens with one attached hydrogen (secondary N) is 1. The Labute approximate surface area is 173 Å². The summed E-state index contributed by atoms with van der Waals surface area (Å²) in [7, 11) is 1.85. The minimum atomic E-state index is -0.0807. The lowest BCUT2D eigenvalue weighted by atomic mass is 10.0. The van der Waals surface area contributed by atoms with Crippen LogP contribution in [0.25, 0.3) is 0 Å². The summed E-state index contributed by atoms with van der Waals surface area (Å²) >= 11 is 3.21. The number of benzene rings is 1. The molecular formula is C20H24N4O2S2. The van der Waals surface area contributed by atoms with E-state index in [1.54, 1.807) is 28.0 Å². The summed E-state index contributed by atoms with van der Waals surface area (Å²) in [5.41, 5.74) is 2.83. The zero-order valence-electron chi connectivity index (χ0n) is 16.3. The molecule has 1 aromatic carbocycles. The molecule has 1 fully saturated rings. The van der Waals surface area contributed by atoms with Gasteiger partial charge in [0.05, 0.1) is 10.4 Å². The second-order valence-corrected chi connectivity index (χ2v) is 8.96. The molecule has 1 saturated heterocycles. The molecule has 0 atom stereocenters. The van der Waals surface area contributed by atoms with Crippen molar-refractivity contribution in [3.63, 3.8) is 0 Å². The monoisotopic (exact) mass is 416 g/mol. The summed E-state index contributed by atoms with van der Waals surface area (Å²) in [4.78, 5) is 33.8. The van der Waals surface area contributed by atoms with Gasteiger partial charge in [-0.05, 0) is 37.1 Å². The number of rotatable bonds is 5. The fraction of sp³-hybridized carbons (Fsp3) is 0.350. The molecule has 0 radical (unpaired) electrons. The molecule has 1 aromatic heterocycles. The molecule has 148 valence electrons. The second kappa shape index (κ2) is 8.79. The summed E-state index contributed by atoms with van der Waals surface area (Å²) < 4.78 is 1.08. The number of amides is 2. The third kappa shape index (κ3) is 4.39. The van der Waals surface area contributed by atoms with Crippen LogP contribution in [0.5, 0.6) is 0 Å². The molecule has 0 saturated carbocycles. The van der Waals surface area contributed by atoms with Gasteiger partial charge in [-0.25, -0.2) is 4.98 Å². The number of carbonyl (C=O) groups excluding carboxylic acids is 2. The minimum absolute atomic E-state index is 0.0188. The lowest BCUT2D eigenvalue weighted by Crippen LogP contribution is -2.50. The Kier molecular flexibility index (Phi) is 6.41. The number of thiazole rings is 1. The van der Waals surface area contributed by atoms with E-state index < -0.39 is 0 Å². The number of nitrogens with zero attached hydrogens (tertiary/aromatic N) is 3. The van der Waals surface area contributed by atoms with Gasteiger partial charge in [-0.15, -0.1) is 0 Å². The van der Waals surface area contributed by atoms with E-state index in [1.807, 2.05) is 31.1 Å². The summed E-state index contributed by atoms with van der Waals surface area (Å²) in [6.07, 6.45) is 3.17. The van der Waals surface area contributed by atoms with E-state index in [0.717, 1.165) is 30.9 Å². The van der Waals surface area contributed by atoms with E-state index in [0.29, 0.717) is 26.2 Å². The molecule has 2 heterocycles. The number of hydrogen-bond acceptors (Lipinski definition) is 6. The van der Waals surface area contributed by atoms with Crippen molar-refractivity contribution >= 4 is 40.0 Å². The van der Waals surface area contributed by atoms with Gasteiger partial charge in [-0.1, -0.05) is 35.7 Å². The number of aryl methyl sites for hydroxylation is 2. The first-order valence-corrected chi connectivity index (χ1v) is 10.7. The van der Waals surface area contributed by atoms with Crippen molar-refractivity contribution in [2.75, 3.05) is 38.5 Å². The molecule has 0 aliphatic carbocycles. The molecule has 2 aromatic rings. The third-order valence-electron chi connectivity index (χ3n) is 4.71. The van der Waals surface area contributed by atoms with Gasteiger partial charge in [0, 0.05) is 43.7 Å². The first kappa shape index (κ1) is 20.4. The van der Waals surface area contributed by atoms with Crippen molar-refractivity contribution in [1.82, 2.24) is 14.8 Å². The Morgan fingerprint density at radius 3 is 2.46 bits per heavy atom. The topological polar surface area (TPSA) is 65.5 Å². The van der Waals surface area contributed by atoms with E-state index in [4.69, 9.17) is 0 Å². The Hall–Kier alpha value is -2.32. The van der Waals surface area contributed by atoms with Gasteiger partial charge in [-0.2, -0.15) is 0 Å². The van der Waals surface area contributed by atoms with Crippen molar-refractivity contribution in [3.05, 3.63) is 47.7 Å². The minimum Gasteiger partial charge on any atom is -0.365 e. The number of piperazine rings is 1. The molecule has 2 amide bonds. The van der Waals surface area contributed by atoms with E-state index >= 15 is 0 Å². The zero-order chi connectivity index (χ0) is 20.3. The Bertz CT molecular complexity index is 902. The average molecular weight is 417 g/mol. The lowest BCUT2D eigenvalue weighted by molar-refractivity contribution is -0.127. The van der Waals surface area contributed by atoms with Crippen LogP contribution in [0.2, 0.25) is 0 Å². The van der Waals surface area contributed by atoms with E-state index in [2.05, 4.69) is 29.9 Å². The molecule has 3 rings (SSSR count). The summed E-state index contributed by atoms with van der Waals surface area (Å²) in [5.74, 6) is -0.0620. The van der Waals surface area contributed by atoms with Crippen LogP contribution in [0, 0.1) is 13.8 Å². The lowest BCUT2D eigenvalue weighted by Gasteiger charge is -2.34. The summed E-state index contributed by atoms with van der Waals surface area (Å²) in [5, 5.41) is 3.92. The highest BCUT2D eigenvalue weighted by Gasteiger charge is 2.25. The number of hydrogen-bond donors (Lipinski definition) is 1. The van der Waals surface area contributed by atoms with E-state index in [-0.39, 0.29) is 11.8 Å². The Morgan fingerprint density at radius 1 is 1.18 bits per heavy atom. The number of aromatic nitrogens is 1. The van der Waals surface area contributed by atoms with Crippen molar-refractivity contribution < 1.29 is 9.59 Å². The molecule has 1 aliphatic rings. The Balaban J connectivity index is 1.77. The molecular weight excluding hydrogens is 392 g/mol. The van der Waals surface area contributed by atoms with Crippen molar-refractivity contribution in [2.24, 2.45) is 0 Å². The number of anilines is 1. The van der Waals surface area contributed by atoms with Crippen molar-refractivity contribution in [1.29, 1.82) is 0 Å². The maximum Gasteiger partial charge on any atom is 0.254 e. The van der Waals surface area contributed by atoms with E-state index in [1.165, 1.54) is 6.08 Å². The van der Waals surface area contributed by atoms with Crippen LogP contribution in [0.3, 0.4) is 0 Å². The van der Waals surface area contributed by atoms with Crippen molar-refractivity contribution in [3.8, 4) is 0 Å². The normalized spacial score (nSPS) is 14.1. The van der Waals surface area contributed by atoms with Gasteiger partial charge in [-0.3, -0.25) is 9.59 Å². The van der Waals surface area contributed by atoms with Crippen LogP contribution < -0.4 is 5.32 Å². The van der Waals surface area contributed by atoms with Gasteiger partial charge < -0.3 is 15.1 Å². The molecule has 1 aliphatic heterocycles. The first-order valence-electron chi connectivity index (χ1n) is 9.06. The maximum atomic E-state index is 13.1. The van der Waals surface area contributed by atoms with Gasteiger partial charge >= 0.3 is 0 Å². The fourth-order valence-corrected chi connectivity index (χ4v) is 5.03. The predicted octanol–water partition coefficient (Wildman–Crippen LogP) is 3.42. The fourth-order valence-electron chi connectivity index (χ4n) is 3.13. The van der Waals surface area contributed by atoms with Gasteiger partial charge in [0.15, 0.2) is 5.13 Å². The standard InChI is InChI=1S/C20H24N4O2S2/c1-5-17(25)23-6-8-24(9-7-23)19(26)15-11-16(14(3)10-13(15)2)27-18-12-22-20(21-4)28-18/h5,10-12H,1,6-9H2,2-4H3,(H,21,22). The highest BCUT2D eigenvalue weighted by Crippen LogP contribution is 2.36. The smallest absolute Gasteiger partial charge is 0.254 e. The van der Waals surface area contributed by atoms with Crippen LogP contribution in [-0.4, -0.2) is 59.8 Å². The van der Waals surface area contributed by atoms with Crippen LogP contribution in [0.1, 0.15) is 21.5 Å². The van der Waals surface area contributed by atoms with Crippen LogP contribution in [0.4, 0.5) is 5.13 Å². The number of carbonyl (C=O) groups is 2. The third-order valence-corrected chi connectivity index (χ3v) is 6.99. The summed E-state index contributed by atoms with van der Waals surface area (Å²) in [6.45, 7) is 9.71. The van der Waals surface area contributed by atoms with Gasteiger partial charge in [0.1, 0.15) is 0 Å². The maximum absolute atomic E-state index is 13.1. The van der Waals surface area contributed by atoms with Gasteiger partial charge in [0.25, 0.3) is 5.91 Å². The molecule has 0 bridgehead atoms. The predicted molar refractivity (Wildman–Crippen MR) is 114 cm³/mol. The largest absolute Gasteiger partial charge is 0.365 e. The molecule has 8 heteroatoms. The summed E-state index contributed by atoms with van der Waals surface area (Å²) in [6, 6.07) is 4.05. The second-order valence-electron chi connectivity index (χ2n) is 6.59. The van der Waals surface area contributed by atoms with Crippen molar-refractivity contribution in [2.45, 2.75) is 23.0 Å². The molecule has 1 N–H and O–H groups in total. The molecule has 6 nitrogen and oxygen atoms in total. The first-order chi connectivity index (χ1) is 13.4. The van der Waals surface area contributed by atoms with E-state index in [9.17, 15) is 9.59 Å². The quantitative estimate of drug-likeness (QED) is 0.757. The zero-order valence-corrected chi connectivity index (χ0v) is 18.0. The van der Waals surface area contributed by atoms with Crippen LogP contribution in [0.15, 0.2) is 40.1 Å². The highest BCUT2D eigenvalue weighted by molar-refractivity contribution is 8.01. The SMILES string of the molecule is C=CC(=O)N1CCN(C(=O)c2cc(Sc3cnc(NC)s3)c(C)cc2C)CC1. The Morgan fingerprint density at radius 2 is 1.86 bits per heavy atom.